The van der Waals surface area contributed by atoms with Crippen LogP contribution in [0.1, 0.15) is 37.6 Å². The fraction of sp³-hybridized carbons (Fsp3) is 0.667. The van der Waals surface area contributed by atoms with Gasteiger partial charge in [0.05, 0.1) is 9.83 Å². The Labute approximate surface area is 111 Å². The first-order valence-corrected chi connectivity index (χ1v) is 7.38. The van der Waals surface area contributed by atoms with Gasteiger partial charge in [-0.1, -0.05) is 13.3 Å². The predicted octanol–water partition coefficient (Wildman–Crippen LogP) is 3.63. The third-order valence-electron chi connectivity index (χ3n) is 2.72. The van der Waals surface area contributed by atoms with Crippen molar-refractivity contribution < 1.29 is 0 Å². The summed E-state index contributed by atoms with van der Waals surface area (Å²) in [7, 11) is 2.16. The molecule has 92 valence electrons. The molecule has 16 heavy (non-hydrogen) atoms. The molecule has 1 heterocycles. The Morgan fingerprint density at radius 2 is 2.19 bits per heavy atom. The molecule has 0 saturated heterocycles. The number of hydrogen-bond acceptors (Lipinski definition) is 3. The molecule has 1 rings (SSSR count). The molecule has 2 unspecified atom stereocenters. The van der Waals surface area contributed by atoms with Crippen molar-refractivity contribution >= 4 is 27.3 Å². The summed E-state index contributed by atoms with van der Waals surface area (Å²) in [5.74, 6) is 0. The Morgan fingerprint density at radius 1 is 1.50 bits per heavy atom. The minimum absolute atomic E-state index is 0.160. The van der Waals surface area contributed by atoms with Crippen LogP contribution < -0.4 is 5.73 Å². The summed E-state index contributed by atoms with van der Waals surface area (Å²) in [6.07, 6.45) is 2.45. The summed E-state index contributed by atoms with van der Waals surface area (Å²) in [5.41, 5.74) is 6.10. The standard InChI is InChI=1S/C12H21BrN2S/c1-4-5-8-15(3)12(9(2)14)10-6-7-11(13)16-10/h6-7,9,12H,4-5,8,14H2,1-3H3. The van der Waals surface area contributed by atoms with E-state index in [1.807, 2.05) is 0 Å². The van der Waals surface area contributed by atoms with E-state index in [-0.39, 0.29) is 6.04 Å². The van der Waals surface area contributed by atoms with Crippen molar-refractivity contribution in [3.05, 3.63) is 20.8 Å². The normalized spacial score (nSPS) is 15.4. The van der Waals surface area contributed by atoms with E-state index in [0.717, 1.165) is 6.54 Å². The van der Waals surface area contributed by atoms with Crippen LogP contribution in [0.5, 0.6) is 0 Å². The van der Waals surface area contributed by atoms with E-state index in [1.165, 1.54) is 21.5 Å². The Bertz CT molecular complexity index is 312. The molecule has 1 aromatic heterocycles. The molecule has 0 amide bonds. The highest BCUT2D eigenvalue weighted by Crippen LogP contribution is 2.31. The predicted molar refractivity (Wildman–Crippen MR) is 75.9 cm³/mol. The number of hydrogen-bond donors (Lipinski definition) is 1. The molecule has 1 aromatic rings. The van der Waals surface area contributed by atoms with Gasteiger partial charge in [-0.15, -0.1) is 11.3 Å². The summed E-state index contributed by atoms with van der Waals surface area (Å²) < 4.78 is 1.18. The molecule has 2 atom stereocenters. The molecule has 0 spiro atoms. The van der Waals surface area contributed by atoms with Crippen LogP contribution in [0.4, 0.5) is 0 Å². The van der Waals surface area contributed by atoms with Gasteiger partial charge in [0.15, 0.2) is 0 Å². The van der Waals surface area contributed by atoms with Crippen molar-refractivity contribution in [2.45, 2.75) is 38.8 Å². The van der Waals surface area contributed by atoms with E-state index in [9.17, 15) is 0 Å². The molecular formula is C12H21BrN2S. The van der Waals surface area contributed by atoms with Gasteiger partial charge in [0, 0.05) is 10.9 Å². The molecule has 0 aromatic carbocycles. The molecule has 0 fully saturated rings. The fourth-order valence-electron chi connectivity index (χ4n) is 1.91. The lowest BCUT2D eigenvalue weighted by Crippen LogP contribution is -2.37. The SMILES string of the molecule is CCCCN(C)C(c1ccc(Br)s1)C(C)N. The lowest BCUT2D eigenvalue weighted by molar-refractivity contribution is 0.219. The zero-order valence-corrected chi connectivity index (χ0v) is 12.6. The molecule has 0 radical (unpaired) electrons. The van der Waals surface area contributed by atoms with Crippen LogP contribution in [0.15, 0.2) is 15.9 Å². The average molecular weight is 305 g/mol. The zero-order valence-electron chi connectivity index (χ0n) is 10.2. The molecule has 0 aliphatic heterocycles. The Kier molecular flexibility index (Phi) is 5.97. The van der Waals surface area contributed by atoms with Gasteiger partial charge >= 0.3 is 0 Å². The van der Waals surface area contributed by atoms with E-state index in [0.29, 0.717) is 6.04 Å². The second-order valence-electron chi connectivity index (χ2n) is 4.28. The Hall–Kier alpha value is 0.1000. The minimum atomic E-state index is 0.160. The topological polar surface area (TPSA) is 29.3 Å². The van der Waals surface area contributed by atoms with Crippen molar-refractivity contribution in [2.75, 3.05) is 13.6 Å². The largest absolute Gasteiger partial charge is 0.326 e. The van der Waals surface area contributed by atoms with Crippen LogP contribution >= 0.6 is 27.3 Å². The van der Waals surface area contributed by atoms with Gasteiger partial charge in [0.1, 0.15) is 0 Å². The van der Waals surface area contributed by atoms with Gasteiger partial charge < -0.3 is 5.73 Å². The number of rotatable bonds is 6. The van der Waals surface area contributed by atoms with Crippen molar-refractivity contribution in [1.29, 1.82) is 0 Å². The smallest absolute Gasteiger partial charge is 0.0702 e. The van der Waals surface area contributed by atoms with Crippen LogP contribution in [-0.4, -0.2) is 24.5 Å². The van der Waals surface area contributed by atoms with E-state index in [2.05, 4.69) is 53.9 Å². The van der Waals surface area contributed by atoms with Crippen LogP contribution in [0.25, 0.3) is 0 Å². The van der Waals surface area contributed by atoms with Crippen LogP contribution in [0.3, 0.4) is 0 Å². The molecule has 0 bridgehead atoms. The Morgan fingerprint density at radius 3 is 2.62 bits per heavy atom. The van der Waals surface area contributed by atoms with Gasteiger partial charge in [-0.3, -0.25) is 4.90 Å². The highest BCUT2D eigenvalue weighted by Gasteiger charge is 2.22. The Balaban J connectivity index is 2.74. The molecule has 4 heteroatoms. The van der Waals surface area contributed by atoms with Gasteiger partial charge in [0.2, 0.25) is 0 Å². The highest BCUT2D eigenvalue weighted by atomic mass is 79.9. The average Bonchev–Trinajstić information content (AvgIpc) is 2.61. The van der Waals surface area contributed by atoms with Gasteiger partial charge in [-0.2, -0.15) is 0 Å². The lowest BCUT2D eigenvalue weighted by atomic mass is 10.1. The van der Waals surface area contributed by atoms with E-state index in [4.69, 9.17) is 5.73 Å². The van der Waals surface area contributed by atoms with E-state index < -0.39 is 0 Å². The molecular weight excluding hydrogens is 284 g/mol. The summed E-state index contributed by atoms with van der Waals surface area (Å²) in [6, 6.07) is 4.77. The van der Waals surface area contributed by atoms with Crippen molar-refractivity contribution in [2.24, 2.45) is 5.73 Å². The van der Waals surface area contributed by atoms with Gasteiger partial charge in [-0.05, 0) is 55.0 Å². The van der Waals surface area contributed by atoms with Crippen LogP contribution in [-0.2, 0) is 0 Å². The number of unbranched alkanes of at least 4 members (excludes halogenated alkanes) is 1. The van der Waals surface area contributed by atoms with E-state index >= 15 is 0 Å². The van der Waals surface area contributed by atoms with Crippen molar-refractivity contribution in [3.63, 3.8) is 0 Å². The molecule has 2 N–H and O–H groups in total. The zero-order chi connectivity index (χ0) is 12.1. The number of thiophene rings is 1. The first-order valence-electron chi connectivity index (χ1n) is 5.77. The second-order valence-corrected chi connectivity index (χ2v) is 6.77. The monoisotopic (exact) mass is 304 g/mol. The maximum Gasteiger partial charge on any atom is 0.0702 e. The number of halogens is 1. The number of likely N-dealkylation sites (N-methyl/N-ethyl adjacent to an activating group) is 1. The summed E-state index contributed by atoms with van der Waals surface area (Å²) in [4.78, 5) is 3.72. The molecule has 0 aliphatic carbocycles. The van der Waals surface area contributed by atoms with Crippen LogP contribution in [0.2, 0.25) is 0 Å². The fourth-order valence-corrected chi connectivity index (χ4v) is 3.62. The first-order chi connectivity index (χ1) is 7.56. The van der Waals surface area contributed by atoms with Crippen molar-refractivity contribution in [1.82, 2.24) is 4.90 Å². The maximum absolute atomic E-state index is 6.10. The molecule has 2 nitrogen and oxygen atoms in total. The summed E-state index contributed by atoms with van der Waals surface area (Å²) in [5, 5.41) is 0. The highest BCUT2D eigenvalue weighted by molar-refractivity contribution is 9.11. The van der Waals surface area contributed by atoms with Crippen LogP contribution in [0, 0.1) is 0 Å². The molecule has 0 aliphatic rings. The third-order valence-corrected chi connectivity index (χ3v) is 4.42. The maximum atomic E-state index is 6.10. The van der Waals surface area contributed by atoms with Gasteiger partial charge in [-0.25, -0.2) is 0 Å². The van der Waals surface area contributed by atoms with Crippen molar-refractivity contribution in [3.8, 4) is 0 Å². The minimum Gasteiger partial charge on any atom is -0.326 e. The summed E-state index contributed by atoms with van der Waals surface area (Å²) >= 11 is 5.29. The summed E-state index contributed by atoms with van der Waals surface area (Å²) in [6.45, 7) is 5.41. The van der Waals surface area contributed by atoms with E-state index in [1.54, 1.807) is 11.3 Å². The second kappa shape index (κ2) is 6.74. The first kappa shape index (κ1) is 14.2. The lowest BCUT2D eigenvalue weighted by Gasteiger charge is -2.30. The quantitative estimate of drug-likeness (QED) is 0.869. The number of nitrogens with zero attached hydrogens (tertiary/aromatic N) is 1. The third kappa shape index (κ3) is 3.84. The molecule has 0 saturated carbocycles. The van der Waals surface area contributed by atoms with Gasteiger partial charge in [0.25, 0.3) is 0 Å². The number of nitrogens with two attached hydrogens (primary N) is 1.